The summed E-state index contributed by atoms with van der Waals surface area (Å²) >= 11 is 1.43. The van der Waals surface area contributed by atoms with Gasteiger partial charge in [-0.25, -0.2) is 13.2 Å². The minimum absolute atomic E-state index is 0.0523. The quantitative estimate of drug-likeness (QED) is 0.521. The van der Waals surface area contributed by atoms with Gasteiger partial charge in [0.2, 0.25) is 0 Å². The third-order valence-corrected chi connectivity index (χ3v) is 4.92. The molecule has 1 heterocycles. The average molecular weight is 393 g/mol. The highest BCUT2D eigenvalue weighted by atomic mass is 32.2. The Morgan fingerprint density at radius 3 is 2.56 bits per heavy atom. The van der Waals surface area contributed by atoms with Crippen molar-refractivity contribution in [2.75, 3.05) is 0 Å². The van der Waals surface area contributed by atoms with E-state index in [1.807, 2.05) is 17.6 Å². The summed E-state index contributed by atoms with van der Waals surface area (Å²) in [4.78, 5) is 0. The second-order valence-electron chi connectivity index (χ2n) is 5.84. The van der Waals surface area contributed by atoms with Gasteiger partial charge in [0.15, 0.2) is 28.7 Å². The second kappa shape index (κ2) is 8.47. The highest BCUT2D eigenvalue weighted by Gasteiger charge is 2.20. The largest absolute Gasteiger partial charge is 0.480 e. The van der Waals surface area contributed by atoms with Gasteiger partial charge in [-0.15, -0.1) is 10.2 Å². The predicted octanol–water partition coefficient (Wildman–Crippen LogP) is 5.15. The van der Waals surface area contributed by atoms with Crippen LogP contribution in [0.3, 0.4) is 0 Å². The lowest BCUT2D eigenvalue weighted by molar-refractivity contribution is 0.200. The molecular weight excluding hydrogens is 375 g/mol. The summed E-state index contributed by atoms with van der Waals surface area (Å²) in [5, 5.41) is 8.99. The highest BCUT2D eigenvalue weighted by molar-refractivity contribution is 7.98. The number of thioether (sulfide) groups is 1. The molecule has 142 valence electrons. The number of halogens is 3. The van der Waals surface area contributed by atoms with Crippen LogP contribution in [0.25, 0.3) is 0 Å². The third-order valence-electron chi connectivity index (χ3n) is 3.88. The van der Waals surface area contributed by atoms with Crippen LogP contribution >= 0.6 is 11.8 Å². The van der Waals surface area contributed by atoms with E-state index in [9.17, 15) is 13.2 Å². The summed E-state index contributed by atoms with van der Waals surface area (Å²) in [7, 11) is 0. The van der Waals surface area contributed by atoms with E-state index in [-0.39, 0.29) is 11.6 Å². The molecule has 3 rings (SSSR count). The monoisotopic (exact) mass is 393 g/mol. The lowest BCUT2D eigenvalue weighted by Gasteiger charge is -2.16. The number of benzene rings is 2. The molecule has 27 heavy (non-hydrogen) atoms. The van der Waals surface area contributed by atoms with Gasteiger partial charge in [-0.05, 0) is 43.7 Å². The molecule has 0 aliphatic rings. The molecule has 1 atom stereocenters. The maximum Gasteiger partial charge on any atom is 0.191 e. The van der Waals surface area contributed by atoms with E-state index in [1.165, 1.54) is 30.0 Å². The van der Waals surface area contributed by atoms with Crippen molar-refractivity contribution < 1.29 is 17.9 Å². The van der Waals surface area contributed by atoms with Gasteiger partial charge in [-0.1, -0.05) is 23.9 Å². The maximum absolute atomic E-state index is 13.8. The second-order valence-corrected chi connectivity index (χ2v) is 6.78. The fraction of sp³-hybridized carbons (Fsp3) is 0.263. The molecule has 0 aliphatic carbocycles. The van der Waals surface area contributed by atoms with Gasteiger partial charge < -0.3 is 9.30 Å². The molecule has 4 nitrogen and oxygen atoms in total. The average Bonchev–Trinajstić information content (AvgIpc) is 3.05. The molecule has 1 aromatic heterocycles. The van der Waals surface area contributed by atoms with Crippen LogP contribution in [0.1, 0.15) is 31.3 Å². The van der Waals surface area contributed by atoms with Crippen molar-refractivity contribution in [3.63, 3.8) is 0 Å². The summed E-state index contributed by atoms with van der Waals surface area (Å²) in [5.41, 5.74) is 0.838. The van der Waals surface area contributed by atoms with Crippen LogP contribution in [0.4, 0.5) is 13.2 Å². The zero-order valence-electron chi connectivity index (χ0n) is 14.8. The fourth-order valence-electron chi connectivity index (χ4n) is 2.59. The Kier molecular flexibility index (Phi) is 6.05. The Morgan fingerprint density at radius 2 is 1.85 bits per heavy atom. The summed E-state index contributed by atoms with van der Waals surface area (Å²) in [6.45, 7) is 4.25. The Labute approximate surface area is 159 Å². The molecule has 3 aromatic rings. The number of hydrogen-bond donors (Lipinski definition) is 0. The standard InChI is InChI=1S/C19H18F3N3OS/c1-3-25-18(12(2)26-17-8-7-15(21)10-16(17)22)23-24-19(25)27-11-13-5-4-6-14(20)9-13/h4-10,12H,3,11H2,1-2H3. The number of aromatic nitrogens is 3. The molecule has 0 amide bonds. The van der Waals surface area contributed by atoms with Crippen molar-refractivity contribution >= 4 is 11.8 Å². The molecule has 0 fully saturated rings. The Hall–Kier alpha value is -2.48. The van der Waals surface area contributed by atoms with E-state index < -0.39 is 17.7 Å². The van der Waals surface area contributed by atoms with Crippen LogP contribution in [-0.4, -0.2) is 14.8 Å². The molecular formula is C19H18F3N3OS. The van der Waals surface area contributed by atoms with Crippen LogP contribution in [0, 0.1) is 17.5 Å². The highest BCUT2D eigenvalue weighted by Crippen LogP contribution is 2.28. The molecule has 8 heteroatoms. The van der Waals surface area contributed by atoms with E-state index in [0.29, 0.717) is 23.3 Å². The number of nitrogens with zero attached hydrogens (tertiary/aromatic N) is 3. The summed E-state index contributed by atoms with van der Waals surface area (Å²) in [6.07, 6.45) is -0.582. The lowest BCUT2D eigenvalue weighted by Crippen LogP contribution is -2.12. The Morgan fingerprint density at radius 1 is 1.07 bits per heavy atom. The summed E-state index contributed by atoms with van der Waals surface area (Å²) in [5.74, 6) is -0.705. The van der Waals surface area contributed by atoms with Gasteiger partial charge in [-0.2, -0.15) is 0 Å². The summed E-state index contributed by atoms with van der Waals surface area (Å²) < 4.78 is 47.6. The molecule has 0 spiro atoms. The van der Waals surface area contributed by atoms with E-state index in [2.05, 4.69) is 10.2 Å². The Balaban J connectivity index is 1.74. The van der Waals surface area contributed by atoms with Crippen molar-refractivity contribution in [3.8, 4) is 5.75 Å². The van der Waals surface area contributed by atoms with Gasteiger partial charge in [0.05, 0.1) is 0 Å². The van der Waals surface area contributed by atoms with E-state index >= 15 is 0 Å². The van der Waals surface area contributed by atoms with Crippen molar-refractivity contribution in [2.24, 2.45) is 0 Å². The fourth-order valence-corrected chi connectivity index (χ4v) is 3.55. The smallest absolute Gasteiger partial charge is 0.191 e. The van der Waals surface area contributed by atoms with E-state index in [0.717, 1.165) is 17.7 Å². The number of hydrogen-bond acceptors (Lipinski definition) is 4. The topological polar surface area (TPSA) is 39.9 Å². The molecule has 0 saturated heterocycles. The summed E-state index contributed by atoms with van der Waals surface area (Å²) in [6, 6.07) is 9.52. The normalized spacial score (nSPS) is 12.2. The number of rotatable bonds is 7. The van der Waals surface area contributed by atoms with E-state index in [1.54, 1.807) is 13.0 Å². The predicted molar refractivity (Wildman–Crippen MR) is 97.1 cm³/mol. The maximum atomic E-state index is 13.8. The molecule has 0 bridgehead atoms. The van der Waals surface area contributed by atoms with Crippen molar-refractivity contribution in [1.29, 1.82) is 0 Å². The van der Waals surface area contributed by atoms with Crippen LogP contribution in [0.2, 0.25) is 0 Å². The molecule has 0 radical (unpaired) electrons. The van der Waals surface area contributed by atoms with E-state index in [4.69, 9.17) is 4.74 Å². The molecule has 0 aliphatic heterocycles. The van der Waals surface area contributed by atoms with Gasteiger partial charge in [-0.3, -0.25) is 0 Å². The minimum atomic E-state index is -0.773. The first-order chi connectivity index (χ1) is 13.0. The van der Waals surface area contributed by atoms with Crippen LogP contribution in [0.15, 0.2) is 47.6 Å². The third kappa shape index (κ3) is 4.63. The SMILES string of the molecule is CCn1c(SCc2cccc(F)c2)nnc1C(C)Oc1ccc(F)cc1F. The van der Waals surface area contributed by atoms with Crippen LogP contribution in [0.5, 0.6) is 5.75 Å². The van der Waals surface area contributed by atoms with Gasteiger partial charge in [0.25, 0.3) is 0 Å². The van der Waals surface area contributed by atoms with Crippen LogP contribution in [-0.2, 0) is 12.3 Å². The zero-order valence-corrected chi connectivity index (χ0v) is 15.6. The van der Waals surface area contributed by atoms with Crippen molar-refractivity contribution in [2.45, 2.75) is 37.4 Å². The van der Waals surface area contributed by atoms with Gasteiger partial charge >= 0.3 is 0 Å². The van der Waals surface area contributed by atoms with Crippen LogP contribution < -0.4 is 4.74 Å². The first-order valence-corrected chi connectivity index (χ1v) is 9.38. The van der Waals surface area contributed by atoms with Crippen molar-refractivity contribution in [3.05, 3.63) is 71.3 Å². The Bertz CT molecular complexity index is 932. The molecule has 0 N–H and O–H groups in total. The van der Waals surface area contributed by atoms with Gasteiger partial charge in [0, 0.05) is 18.4 Å². The molecule has 2 aromatic carbocycles. The molecule has 0 saturated carbocycles. The number of ether oxygens (including phenoxy) is 1. The first kappa shape index (κ1) is 19.3. The first-order valence-electron chi connectivity index (χ1n) is 8.40. The minimum Gasteiger partial charge on any atom is -0.480 e. The van der Waals surface area contributed by atoms with Gasteiger partial charge in [0.1, 0.15) is 11.6 Å². The zero-order chi connectivity index (χ0) is 19.4. The molecule has 1 unspecified atom stereocenters. The van der Waals surface area contributed by atoms with Crippen molar-refractivity contribution in [1.82, 2.24) is 14.8 Å². The lowest BCUT2D eigenvalue weighted by atomic mass is 10.2.